The van der Waals surface area contributed by atoms with Gasteiger partial charge in [0.25, 0.3) is 5.91 Å². The number of nitrogens with zero attached hydrogens (tertiary/aromatic N) is 3. The van der Waals surface area contributed by atoms with Crippen LogP contribution in [0.15, 0.2) is 45.9 Å². The van der Waals surface area contributed by atoms with Gasteiger partial charge in [-0.3, -0.25) is 14.5 Å². The molecule has 0 atom stereocenters. The highest BCUT2D eigenvalue weighted by Gasteiger charge is 2.25. The van der Waals surface area contributed by atoms with Crippen LogP contribution in [0.1, 0.15) is 30.0 Å². The monoisotopic (exact) mass is 462 g/mol. The van der Waals surface area contributed by atoms with Crippen molar-refractivity contribution < 1.29 is 22.4 Å². The van der Waals surface area contributed by atoms with Gasteiger partial charge in [0.05, 0.1) is 17.7 Å². The van der Waals surface area contributed by atoms with E-state index in [1.54, 1.807) is 43.0 Å². The Balaban J connectivity index is 1.59. The zero-order chi connectivity index (χ0) is 23.3. The van der Waals surface area contributed by atoms with Gasteiger partial charge in [-0.05, 0) is 36.8 Å². The lowest BCUT2D eigenvalue weighted by atomic mass is 10.2. The molecule has 32 heavy (non-hydrogen) atoms. The van der Waals surface area contributed by atoms with Gasteiger partial charge in [-0.1, -0.05) is 19.9 Å². The van der Waals surface area contributed by atoms with Crippen LogP contribution in [0, 0.1) is 6.92 Å². The molecule has 2 aromatic rings. The zero-order valence-electron chi connectivity index (χ0n) is 18.7. The maximum Gasteiger partial charge on any atom is 0.289 e. The molecule has 174 valence electrons. The summed E-state index contributed by atoms with van der Waals surface area (Å²) in [6.45, 7) is 8.46. The second kappa shape index (κ2) is 10.3. The minimum absolute atomic E-state index is 0.152. The summed E-state index contributed by atoms with van der Waals surface area (Å²) in [5.74, 6) is -0.0662. The molecule has 10 heteroatoms. The number of piperazine rings is 1. The van der Waals surface area contributed by atoms with E-state index in [0.29, 0.717) is 50.7 Å². The van der Waals surface area contributed by atoms with Crippen LogP contribution in [0.3, 0.4) is 0 Å². The SMILES string of the molecule is CCN(CC)S(=O)(=O)c1ccc(C)c(NC(=O)CN2CCN(C(=O)c3ccco3)CC2)c1. The Bertz CT molecular complexity index is 1040. The quantitative estimate of drug-likeness (QED) is 0.644. The number of carbonyl (C=O) groups is 2. The lowest BCUT2D eigenvalue weighted by Gasteiger charge is -2.33. The number of benzene rings is 1. The molecule has 1 saturated heterocycles. The summed E-state index contributed by atoms with van der Waals surface area (Å²) in [5, 5.41) is 2.84. The maximum atomic E-state index is 12.8. The summed E-state index contributed by atoms with van der Waals surface area (Å²) in [7, 11) is -3.61. The van der Waals surface area contributed by atoms with Crippen molar-refractivity contribution in [3.63, 3.8) is 0 Å². The van der Waals surface area contributed by atoms with Crippen molar-refractivity contribution in [2.45, 2.75) is 25.7 Å². The fraction of sp³-hybridized carbons (Fsp3) is 0.455. The van der Waals surface area contributed by atoms with E-state index >= 15 is 0 Å². The largest absolute Gasteiger partial charge is 0.459 e. The number of rotatable bonds is 8. The number of anilines is 1. The number of sulfonamides is 1. The Kier molecular flexibility index (Phi) is 7.70. The molecule has 1 aromatic carbocycles. The molecule has 0 spiro atoms. The lowest BCUT2D eigenvalue weighted by molar-refractivity contribution is -0.117. The van der Waals surface area contributed by atoms with Crippen LogP contribution in [-0.4, -0.2) is 80.2 Å². The van der Waals surface area contributed by atoms with Gasteiger partial charge >= 0.3 is 0 Å². The first kappa shape index (κ1) is 24.0. The first-order valence-corrected chi connectivity index (χ1v) is 12.2. The summed E-state index contributed by atoms with van der Waals surface area (Å²) in [5.41, 5.74) is 1.26. The predicted octanol–water partition coefficient (Wildman–Crippen LogP) is 2.02. The third kappa shape index (κ3) is 5.37. The fourth-order valence-electron chi connectivity index (χ4n) is 3.67. The van der Waals surface area contributed by atoms with Gasteiger partial charge in [0.2, 0.25) is 15.9 Å². The number of furan rings is 1. The smallest absolute Gasteiger partial charge is 0.289 e. The Morgan fingerprint density at radius 2 is 1.78 bits per heavy atom. The Labute approximate surface area is 189 Å². The van der Waals surface area contributed by atoms with Gasteiger partial charge in [-0.15, -0.1) is 0 Å². The van der Waals surface area contributed by atoms with E-state index in [0.717, 1.165) is 5.56 Å². The molecule has 2 heterocycles. The molecular weight excluding hydrogens is 432 g/mol. The average Bonchev–Trinajstić information content (AvgIpc) is 3.31. The van der Waals surface area contributed by atoms with Crippen molar-refractivity contribution in [3.05, 3.63) is 47.9 Å². The molecule has 1 fully saturated rings. The molecule has 1 aliphatic rings. The van der Waals surface area contributed by atoms with Crippen LogP contribution in [0.2, 0.25) is 0 Å². The normalized spacial score (nSPS) is 15.2. The number of amides is 2. The third-order valence-corrected chi connectivity index (χ3v) is 7.63. The van der Waals surface area contributed by atoms with E-state index in [1.807, 2.05) is 11.8 Å². The number of nitrogens with one attached hydrogen (secondary N) is 1. The molecule has 9 nitrogen and oxygen atoms in total. The van der Waals surface area contributed by atoms with Crippen molar-refractivity contribution in [2.24, 2.45) is 0 Å². The molecule has 1 aromatic heterocycles. The Morgan fingerprint density at radius 1 is 1.09 bits per heavy atom. The number of aryl methyl sites for hydroxylation is 1. The molecule has 0 unspecified atom stereocenters. The molecule has 0 bridgehead atoms. The van der Waals surface area contributed by atoms with Gasteiger partial charge in [0.15, 0.2) is 5.76 Å². The average molecular weight is 463 g/mol. The second-order valence-corrected chi connectivity index (χ2v) is 9.60. The van der Waals surface area contributed by atoms with E-state index < -0.39 is 10.0 Å². The molecule has 2 amide bonds. The van der Waals surface area contributed by atoms with Crippen LogP contribution < -0.4 is 5.32 Å². The molecule has 1 aliphatic heterocycles. The highest BCUT2D eigenvalue weighted by molar-refractivity contribution is 7.89. The minimum Gasteiger partial charge on any atom is -0.459 e. The zero-order valence-corrected chi connectivity index (χ0v) is 19.5. The van der Waals surface area contributed by atoms with Crippen LogP contribution in [0.5, 0.6) is 0 Å². The summed E-state index contributed by atoms with van der Waals surface area (Å²) in [6.07, 6.45) is 1.47. The van der Waals surface area contributed by atoms with E-state index in [4.69, 9.17) is 4.42 Å². The Morgan fingerprint density at radius 3 is 2.38 bits per heavy atom. The maximum absolute atomic E-state index is 12.8. The van der Waals surface area contributed by atoms with Crippen molar-refractivity contribution in [3.8, 4) is 0 Å². The van der Waals surface area contributed by atoms with Crippen LogP contribution in [0.4, 0.5) is 5.69 Å². The molecule has 0 saturated carbocycles. The van der Waals surface area contributed by atoms with Crippen molar-refractivity contribution in [1.29, 1.82) is 0 Å². The first-order chi connectivity index (χ1) is 15.3. The number of hydrogen-bond acceptors (Lipinski definition) is 6. The van der Waals surface area contributed by atoms with Gasteiger partial charge in [-0.25, -0.2) is 8.42 Å². The van der Waals surface area contributed by atoms with Gasteiger partial charge < -0.3 is 14.6 Å². The van der Waals surface area contributed by atoms with Crippen LogP contribution in [-0.2, 0) is 14.8 Å². The highest BCUT2D eigenvalue weighted by Crippen LogP contribution is 2.23. The van der Waals surface area contributed by atoms with Gasteiger partial charge in [0.1, 0.15) is 0 Å². The molecule has 0 aliphatic carbocycles. The van der Waals surface area contributed by atoms with E-state index in [9.17, 15) is 18.0 Å². The van der Waals surface area contributed by atoms with Crippen molar-refractivity contribution >= 4 is 27.5 Å². The number of carbonyl (C=O) groups excluding carboxylic acids is 2. The third-order valence-electron chi connectivity index (χ3n) is 5.58. The molecule has 1 N–H and O–H groups in total. The highest BCUT2D eigenvalue weighted by atomic mass is 32.2. The number of hydrogen-bond donors (Lipinski definition) is 1. The van der Waals surface area contributed by atoms with E-state index in [1.165, 1.54) is 16.6 Å². The summed E-state index contributed by atoms with van der Waals surface area (Å²) in [4.78, 5) is 28.8. The predicted molar refractivity (Wildman–Crippen MR) is 121 cm³/mol. The minimum atomic E-state index is -3.61. The first-order valence-electron chi connectivity index (χ1n) is 10.7. The fourth-order valence-corrected chi connectivity index (χ4v) is 5.15. The summed E-state index contributed by atoms with van der Waals surface area (Å²) < 4.78 is 32.1. The lowest BCUT2D eigenvalue weighted by Crippen LogP contribution is -2.50. The second-order valence-electron chi connectivity index (χ2n) is 7.66. The van der Waals surface area contributed by atoms with Gasteiger partial charge in [0, 0.05) is 45.0 Å². The topological polar surface area (TPSA) is 103 Å². The molecule has 0 radical (unpaired) electrons. The van der Waals surface area contributed by atoms with Crippen LogP contribution >= 0.6 is 0 Å². The Hall–Kier alpha value is -2.69. The summed E-state index contributed by atoms with van der Waals surface area (Å²) >= 11 is 0. The molecule has 3 rings (SSSR count). The van der Waals surface area contributed by atoms with Gasteiger partial charge in [-0.2, -0.15) is 4.31 Å². The van der Waals surface area contributed by atoms with E-state index in [-0.39, 0.29) is 23.3 Å². The van der Waals surface area contributed by atoms with Crippen LogP contribution in [0.25, 0.3) is 0 Å². The summed E-state index contributed by atoms with van der Waals surface area (Å²) in [6, 6.07) is 8.09. The standard InChI is InChI=1S/C22H30N4O5S/c1-4-26(5-2)32(29,30)18-9-8-17(3)19(15-18)23-21(27)16-24-10-12-25(13-11-24)22(28)20-7-6-14-31-20/h6-9,14-15H,4-5,10-13,16H2,1-3H3,(H,23,27). The molecular formula is C22H30N4O5S. The van der Waals surface area contributed by atoms with E-state index in [2.05, 4.69) is 5.32 Å². The van der Waals surface area contributed by atoms with Crippen molar-refractivity contribution in [2.75, 3.05) is 51.1 Å². The van der Waals surface area contributed by atoms with Crippen molar-refractivity contribution in [1.82, 2.24) is 14.1 Å².